The van der Waals surface area contributed by atoms with Crippen molar-refractivity contribution in [2.24, 2.45) is 25.9 Å². The molecular formula is C100H155N19O22. The third kappa shape index (κ3) is 50.6. The van der Waals surface area contributed by atoms with Crippen LogP contribution in [-0.4, -0.2) is 501 Å². The number of aliphatic hydroxyl groups is 1. The monoisotopic (exact) mass is 1970 g/mol. The van der Waals surface area contributed by atoms with Crippen LogP contribution in [0.4, 0.5) is 0 Å². The van der Waals surface area contributed by atoms with Crippen LogP contribution in [0.25, 0.3) is 0 Å². The molecule has 9 rings (SSSR count). The molecular weight excluding hydrogens is 1820 g/mol. The molecule has 4 fully saturated rings. The molecule has 141 heavy (non-hydrogen) atoms. The normalized spacial score (nSPS) is 18.0. The van der Waals surface area contributed by atoms with Crippen molar-refractivity contribution < 1.29 is 110 Å². The minimum atomic E-state index is -1.02. The third-order valence-corrected chi connectivity index (χ3v) is 24.0. The maximum atomic E-state index is 11.5. The van der Waals surface area contributed by atoms with E-state index in [1.54, 1.807) is 97.9 Å². The van der Waals surface area contributed by atoms with Crippen molar-refractivity contribution in [3.8, 4) is 28.7 Å². The van der Waals surface area contributed by atoms with E-state index in [1.165, 1.54) is 0 Å². The SMILES string of the molecule is C=C(O)CN1CCN(CC(=O)O)CCN(C(C)C)CC1.CC(C)C1CN(CC(=O)O)CCN(CC(=O)O)CCN(CC(=O)O)CCN1CC(=O)O.CC(C)N1CCN(CC(=O)O)CCN(CC(=O)O)CCN(CC(=O)O)CC1.CC(C)c1ccc(C2N(CCN=Cc3ccccc3O)CCN2CCN=Cc2ccccc2O)c(O)c1.Oc1ccccc1C=NCCNCCNCCN=Cc1ccccc1O. The van der Waals surface area contributed by atoms with E-state index in [2.05, 4.69) is 109 Å². The largest absolute Gasteiger partial charge is 0.512 e. The van der Waals surface area contributed by atoms with Gasteiger partial charge in [-0.25, -0.2) is 0 Å². The molecule has 0 saturated carbocycles. The van der Waals surface area contributed by atoms with Crippen LogP contribution in [0.15, 0.2) is 148 Å². The summed E-state index contributed by atoms with van der Waals surface area (Å²) in [6.45, 7) is 39.4. The molecule has 4 aliphatic heterocycles. The molecule has 5 aromatic carbocycles. The standard InChI is InChI=1S/C30H36N4O3.C20H26N4O2.C19H34N4O8.C17H32N4O6.C14H27N3O3/c1-22(2)23-11-12-26(29(37)19-23)30-33(15-13-31-20-24-7-3-5-9-27(24)35)17-18-34(30)16-14-32-21-25-8-4-6-10-28(25)36;25-19-7-3-1-5-17(19)15-23-13-11-21-9-10-22-12-14-24-16-18-6-2-4-8-20(18)26;1-14(2)15-9-22(12-18(28)29)6-5-20(10-16(24)25)3-4-21(11-17(26)27)7-8-23(15)13-19(30)31;1-14(2)21-9-7-19(12-16(24)25)5-3-18(11-15(22)23)4-6-20(8-10-21)13-17(26)27;1-12(2)17-8-6-15(10-13(3)18)4-5-16(7-9-17)11-14(19)20/h3-12,19-22,30,35-37H,13-18H2,1-2H3;1-8,15-16,21-22,25-26H,9-14H2;14-15H,3-13H2,1-2H3,(H,24,25)(H,26,27)(H,28,29)(H,30,31);14H,3-13H2,1-2H3,(H,22,23)(H,24,25)(H,26,27);12,18H,3-11H2,1-2H3,(H,19,20). The lowest BCUT2D eigenvalue weighted by molar-refractivity contribution is -0.142. The molecule has 782 valence electrons. The Labute approximate surface area is 828 Å². The number of phenolic OH excluding ortho intramolecular Hbond substituents is 5. The average Bonchev–Trinajstić information content (AvgIpc) is 1.68. The van der Waals surface area contributed by atoms with E-state index in [4.69, 9.17) is 20.4 Å². The summed E-state index contributed by atoms with van der Waals surface area (Å²) in [6, 6.07) is 35.0. The molecule has 5 aromatic rings. The Balaban J connectivity index is 0.000000315. The summed E-state index contributed by atoms with van der Waals surface area (Å²) in [5.74, 6) is -5.88. The number of aliphatic carboxylic acids is 8. The number of carboxylic acids is 8. The van der Waals surface area contributed by atoms with Gasteiger partial charge in [0.25, 0.3) is 0 Å². The number of benzene rings is 5. The average molecular weight is 1980 g/mol. The van der Waals surface area contributed by atoms with Crippen molar-refractivity contribution in [3.05, 3.63) is 161 Å². The van der Waals surface area contributed by atoms with Gasteiger partial charge in [-0.3, -0.25) is 122 Å². The number of nitrogens with one attached hydrogen (secondary N) is 2. The number of rotatable bonds is 42. The molecule has 0 bridgehead atoms. The fourth-order valence-corrected chi connectivity index (χ4v) is 16.1. The molecule has 0 amide bonds. The van der Waals surface area contributed by atoms with Crippen molar-refractivity contribution >= 4 is 72.6 Å². The van der Waals surface area contributed by atoms with Gasteiger partial charge in [0.15, 0.2) is 0 Å². The van der Waals surface area contributed by atoms with E-state index in [0.717, 1.165) is 107 Å². The summed E-state index contributed by atoms with van der Waals surface area (Å²) >= 11 is 0. The zero-order valence-corrected chi connectivity index (χ0v) is 83.3. The molecule has 4 saturated heterocycles. The van der Waals surface area contributed by atoms with Gasteiger partial charge in [0, 0.05) is 261 Å². The number of carbonyl (C=O) groups is 8. The highest BCUT2D eigenvalue weighted by Gasteiger charge is 2.36. The van der Waals surface area contributed by atoms with Crippen molar-refractivity contribution in [1.82, 2.24) is 74.3 Å². The van der Waals surface area contributed by atoms with Crippen LogP contribution in [0.1, 0.15) is 101 Å². The molecule has 0 spiro atoms. The summed E-state index contributed by atoms with van der Waals surface area (Å²) in [4.78, 5) is 133. The molecule has 0 aliphatic carbocycles. The fourth-order valence-electron chi connectivity index (χ4n) is 16.1. The topological polar surface area (TPSA) is 535 Å². The van der Waals surface area contributed by atoms with Gasteiger partial charge >= 0.3 is 47.8 Å². The lowest BCUT2D eigenvalue weighted by Crippen LogP contribution is -2.54. The van der Waals surface area contributed by atoms with E-state index in [9.17, 15) is 89.4 Å². The summed E-state index contributed by atoms with van der Waals surface area (Å²) in [5, 5.41) is 140. The molecule has 4 aliphatic rings. The first kappa shape index (κ1) is 120. The number of hydrogen-bond acceptors (Lipinski definition) is 33. The van der Waals surface area contributed by atoms with Crippen molar-refractivity contribution in [2.45, 2.75) is 85.6 Å². The van der Waals surface area contributed by atoms with E-state index in [0.29, 0.717) is 166 Å². The van der Waals surface area contributed by atoms with Crippen LogP contribution in [0.5, 0.6) is 28.7 Å². The second kappa shape index (κ2) is 67.0. The predicted molar refractivity (Wildman–Crippen MR) is 544 cm³/mol. The number of nitrogens with zero attached hydrogens (tertiary/aromatic N) is 17. The Kier molecular flexibility index (Phi) is 57.0. The summed E-state index contributed by atoms with van der Waals surface area (Å²) < 4.78 is 0. The number of aliphatic hydroxyl groups excluding tert-OH is 1. The molecule has 4 heterocycles. The second-order valence-electron chi connectivity index (χ2n) is 36.2. The van der Waals surface area contributed by atoms with Crippen molar-refractivity contribution in [1.29, 1.82) is 0 Å². The summed E-state index contributed by atoms with van der Waals surface area (Å²) in [5.41, 5.74) is 4.86. The minimum absolute atomic E-state index is 0.0154. The maximum absolute atomic E-state index is 11.5. The first-order chi connectivity index (χ1) is 67.2. The maximum Gasteiger partial charge on any atom is 0.317 e. The Morgan fingerprint density at radius 1 is 0.326 bits per heavy atom. The van der Waals surface area contributed by atoms with Crippen LogP contribution in [0.3, 0.4) is 0 Å². The van der Waals surface area contributed by atoms with Gasteiger partial charge in [0.2, 0.25) is 0 Å². The molecule has 16 N–H and O–H groups in total. The Morgan fingerprint density at radius 2 is 0.596 bits per heavy atom. The minimum Gasteiger partial charge on any atom is -0.512 e. The Hall–Kier alpha value is -11.5. The van der Waals surface area contributed by atoms with Crippen LogP contribution in [0.2, 0.25) is 0 Å². The number of aliphatic imine (C=N–C) groups is 4. The Bertz CT molecular complexity index is 4510. The summed E-state index contributed by atoms with van der Waals surface area (Å²) in [7, 11) is 0. The first-order valence-corrected chi connectivity index (χ1v) is 48.2. The van der Waals surface area contributed by atoms with E-state index in [1.807, 2.05) is 89.2 Å². The summed E-state index contributed by atoms with van der Waals surface area (Å²) in [6.07, 6.45) is 6.72. The second-order valence-corrected chi connectivity index (χ2v) is 36.2. The number of hydrogen-bond donors (Lipinski definition) is 16. The lowest BCUT2D eigenvalue weighted by Gasteiger charge is -2.39. The lowest BCUT2D eigenvalue weighted by atomic mass is 9.99. The number of phenols is 5. The van der Waals surface area contributed by atoms with Crippen molar-refractivity contribution in [2.75, 3.05) is 275 Å². The number of carboxylic acid groups (broad SMARTS) is 8. The molecule has 1 atom stereocenters. The van der Waals surface area contributed by atoms with Crippen molar-refractivity contribution in [3.63, 3.8) is 0 Å². The van der Waals surface area contributed by atoms with Gasteiger partial charge in [-0.05, 0) is 99.7 Å². The fraction of sp³-hybridized carbons (Fsp3) is 0.560. The van der Waals surface area contributed by atoms with E-state index in [-0.39, 0.29) is 105 Å². The van der Waals surface area contributed by atoms with Gasteiger partial charge in [0.05, 0.1) is 97.0 Å². The van der Waals surface area contributed by atoms with E-state index >= 15 is 0 Å². The quantitative estimate of drug-likeness (QED) is 0.0145. The highest BCUT2D eigenvalue weighted by molar-refractivity contribution is 5.85. The smallest absolute Gasteiger partial charge is 0.317 e. The van der Waals surface area contributed by atoms with Gasteiger partial charge in [-0.2, -0.15) is 0 Å². The number of aromatic hydroxyl groups is 5. The molecule has 0 radical (unpaired) electrons. The molecule has 0 aromatic heterocycles. The molecule has 41 nitrogen and oxygen atoms in total. The van der Waals surface area contributed by atoms with Crippen LogP contribution < -0.4 is 10.6 Å². The molecule has 1 unspecified atom stereocenters. The zero-order chi connectivity index (χ0) is 104. The highest BCUT2D eigenvalue weighted by atomic mass is 16.4. The van der Waals surface area contributed by atoms with Crippen LogP contribution >= 0.6 is 0 Å². The van der Waals surface area contributed by atoms with Gasteiger partial charge in [-0.15, -0.1) is 0 Å². The highest BCUT2D eigenvalue weighted by Crippen LogP contribution is 2.37. The van der Waals surface area contributed by atoms with Gasteiger partial charge in [0.1, 0.15) is 28.7 Å². The van der Waals surface area contributed by atoms with Gasteiger partial charge in [-0.1, -0.05) is 94.9 Å². The zero-order valence-electron chi connectivity index (χ0n) is 83.3. The van der Waals surface area contributed by atoms with Gasteiger partial charge < -0.3 is 82.1 Å². The van der Waals surface area contributed by atoms with E-state index < -0.39 is 47.8 Å². The Morgan fingerprint density at radius 3 is 0.872 bits per heavy atom. The number of para-hydroxylation sites is 4. The molecule has 41 heteroatoms. The first-order valence-electron chi connectivity index (χ1n) is 48.2. The van der Waals surface area contributed by atoms with Crippen LogP contribution in [0, 0.1) is 5.92 Å². The van der Waals surface area contributed by atoms with Crippen LogP contribution in [-0.2, 0) is 38.4 Å². The predicted octanol–water partition coefficient (Wildman–Crippen LogP) is 4.51. The third-order valence-electron chi connectivity index (χ3n) is 24.0.